The first kappa shape index (κ1) is 20.4. The first-order chi connectivity index (χ1) is 14.8. The molecule has 1 atom stereocenters. The lowest BCUT2D eigenvalue weighted by molar-refractivity contribution is 0.0527. The van der Waals surface area contributed by atoms with Gasteiger partial charge in [0.1, 0.15) is 11.9 Å². The van der Waals surface area contributed by atoms with Crippen molar-refractivity contribution < 1.29 is 22.7 Å². The number of ether oxygens (including phenoxy) is 1. The van der Waals surface area contributed by atoms with Crippen LogP contribution in [0.4, 0.5) is 23.7 Å². The number of anilines is 1. The summed E-state index contributed by atoms with van der Waals surface area (Å²) in [6.45, 7) is 0.0822. The number of halogens is 3. The number of fused-ring (bicyclic) bond motifs is 3. The highest BCUT2D eigenvalue weighted by Crippen LogP contribution is 2.34. The van der Waals surface area contributed by atoms with Crippen LogP contribution in [0.2, 0.25) is 0 Å². The Balaban J connectivity index is 1.73. The van der Waals surface area contributed by atoms with Gasteiger partial charge in [0, 0.05) is 24.0 Å². The summed E-state index contributed by atoms with van der Waals surface area (Å²) in [6.07, 6.45) is 0. The van der Waals surface area contributed by atoms with Crippen LogP contribution in [0.5, 0.6) is 0 Å². The van der Waals surface area contributed by atoms with Gasteiger partial charge in [0.15, 0.2) is 11.6 Å². The van der Waals surface area contributed by atoms with Crippen LogP contribution in [0.3, 0.4) is 0 Å². The first-order valence-electron chi connectivity index (χ1n) is 9.15. The van der Waals surface area contributed by atoms with E-state index in [-0.39, 0.29) is 35.2 Å². The zero-order valence-electron chi connectivity index (χ0n) is 16.1. The Morgan fingerprint density at radius 3 is 2.61 bits per heavy atom. The lowest BCUT2D eigenvalue weighted by Gasteiger charge is -2.33. The van der Waals surface area contributed by atoms with Crippen molar-refractivity contribution in [1.29, 1.82) is 5.26 Å². The minimum atomic E-state index is -1.16. The molecule has 1 aliphatic heterocycles. The Labute approximate surface area is 173 Å². The number of carbonyl (C=O) groups excluding carboxylic acids is 1. The molecule has 0 aliphatic carbocycles. The molecule has 0 spiro atoms. The molecule has 0 bridgehead atoms. The number of aromatic amines is 1. The molecule has 4 rings (SSSR count). The normalized spacial score (nSPS) is 15.3. The Bertz CT molecular complexity index is 1320. The number of hydrogen-bond donors (Lipinski definition) is 2. The highest BCUT2D eigenvalue weighted by molar-refractivity contribution is 5.91. The molecule has 31 heavy (non-hydrogen) atoms. The summed E-state index contributed by atoms with van der Waals surface area (Å²) >= 11 is 0. The van der Waals surface area contributed by atoms with Gasteiger partial charge in [-0.15, -0.1) is 0 Å². The Morgan fingerprint density at radius 2 is 1.90 bits per heavy atom. The number of benzene rings is 2. The number of aromatic nitrogens is 1. The van der Waals surface area contributed by atoms with Gasteiger partial charge in [-0.3, -0.25) is 4.79 Å². The monoisotopic (exact) mass is 428 g/mol. The number of carbonyl (C=O) groups is 1. The van der Waals surface area contributed by atoms with Crippen LogP contribution in [0, 0.1) is 28.8 Å². The standard InChI is InChI=1S/C21H15F3N4O3/c1-28(21(30)26-11-2-3-14(22)10(4-11)7-25)18-9-31-8-17-19(18)12-5-15(23)16(24)6-13(12)20(29)27-17/h2-6,18H,8-9H2,1H3,(H,26,30)(H,27,29). The van der Waals surface area contributed by atoms with E-state index >= 15 is 0 Å². The molecule has 0 radical (unpaired) electrons. The molecule has 1 aliphatic rings. The fourth-order valence-electron chi connectivity index (χ4n) is 3.59. The fourth-order valence-corrected chi connectivity index (χ4v) is 3.59. The van der Waals surface area contributed by atoms with Crippen LogP contribution < -0.4 is 10.9 Å². The Morgan fingerprint density at radius 1 is 1.19 bits per heavy atom. The number of amides is 2. The second kappa shape index (κ2) is 7.77. The number of urea groups is 1. The number of hydrogen-bond acceptors (Lipinski definition) is 4. The van der Waals surface area contributed by atoms with Crippen LogP contribution in [-0.2, 0) is 11.3 Å². The maximum atomic E-state index is 14.0. The van der Waals surface area contributed by atoms with E-state index in [9.17, 15) is 22.8 Å². The van der Waals surface area contributed by atoms with Crippen molar-refractivity contribution in [3.63, 3.8) is 0 Å². The molecule has 2 heterocycles. The van der Waals surface area contributed by atoms with E-state index < -0.39 is 35.1 Å². The van der Waals surface area contributed by atoms with E-state index in [4.69, 9.17) is 10.00 Å². The molecule has 0 saturated carbocycles. The first-order valence-corrected chi connectivity index (χ1v) is 9.15. The summed E-state index contributed by atoms with van der Waals surface area (Å²) < 4.78 is 46.7. The van der Waals surface area contributed by atoms with Gasteiger partial charge >= 0.3 is 6.03 Å². The predicted octanol–water partition coefficient (Wildman–Crippen LogP) is 3.55. The summed E-state index contributed by atoms with van der Waals surface area (Å²) in [5.41, 5.74) is 0.167. The number of nitrogens with one attached hydrogen (secondary N) is 2. The summed E-state index contributed by atoms with van der Waals surface area (Å²) in [7, 11) is 1.46. The molecule has 0 saturated heterocycles. The van der Waals surface area contributed by atoms with Crippen molar-refractivity contribution in [2.75, 3.05) is 19.0 Å². The third kappa shape index (κ3) is 3.60. The summed E-state index contributed by atoms with van der Waals surface area (Å²) in [6, 6.07) is 5.65. The molecule has 0 fully saturated rings. The van der Waals surface area contributed by atoms with E-state index in [0.29, 0.717) is 11.3 Å². The van der Waals surface area contributed by atoms with Crippen LogP contribution in [-0.4, -0.2) is 29.6 Å². The molecule has 2 N–H and O–H groups in total. The van der Waals surface area contributed by atoms with E-state index in [2.05, 4.69) is 10.3 Å². The SMILES string of the molecule is CN(C(=O)Nc1ccc(F)c(C#N)c1)C1COCc2[nH]c(=O)c3cc(F)c(F)cc3c21. The van der Waals surface area contributed by atoms with Gasteiger partial charge in [0.05, 0.1) is 30.2 Å². The Hall–Kier alpha value is -3.84. The predicted molar refractivity (Wildman–Crippen MR) is 105 cm³/mol. The minimum absolute atomic E-state index is 0.0367. The molecule has 7 nitrogen and oxygen atoms in total. The quantitative estimate of drug-likeness (QED) is 0.652. The van der Waals surface area contributed by atoms with Crippen molar-refractivity contribution in [3.05, 3.63) is 75.0 Å². The molecule has 3 aromatic rings. The molecule has 2 aromatic carbocycles. The average molecular weight is 428 g/mol. The van der Waals surface area contributed by atoms with Crippen molar-refractivity contribution in [2.45, 2.75) is 12.6 Å². The maximum Gasteiger partial charge on any atom is 0.322 e. The molecule has 1 aromatic heterocycles. The van der Waals surface area contributed by atoms with Crippen molar-refractivity contribution in [2.24, 2.45) is 0 Å². The number of likely N-dealkylation sites (N-methyl/N-ethyl adjacent to an activating group) is 1. The maximum absolute atomic E-state index is 14.0. The number of pyridine rings is 1. The smallest absolute Gasteiger partial charge is 0.322 e. The van der Waals surface area contributed by atoms with Crippen LogP contribution >= 0.6 is 0 Å². The molecular formula is C21H15F3N4O3. The third-order valence-electron chi connectivity index (χ3n) is 5.17. The lowest BCUT2D eigenvalue weighted by Crippen LogP contribution is -2.39. The van der Waals surface area contributed by atoms with E-state index in [1.165, 1.54) is 24.1 Å². The Kier molecular flexibility index (Phi) is 5.12. The third-order valence-corrected chi connectivity index (χ3v) is 5.17. The summed E-state index contributed by atoms with van der Waals surface area (Å²) in [5, 5.41) is 11.6. The van der Waals surface area contributed by atoms with Crippen molar-refractivity contribution in [1.82, 2.24) is 9.88 Å². The summed E-state index contributed by atoms with van der Waals surface area (Å²) in [4.78, 5) is 29.0. The zero-order chi connectivity index (χ0) is 22.3. The highest BCUT2D eigenvalue weighted by Gasteiger charge is 2.31. The zero-order valence-corrected chi connectivity index (χ0v) is 16.1. The van der Waals surface area contributed by atoms with Gasteiger partial charge in [0.2, 0.25) is 0 Å². The minimum Gasteiger partial charge on any atom is -0.373 e. The van der Waals surface area contributed by atoms with Crippen molar-refractivity contribution >= 4 is 22.5 Å². The van der Waals surface area contributed by atoms with Gasteiger partial charge in [-0.2, -0.15) is 5.26 Å². The van der Waals surface area contributed by atoms with Gasteiger partial charge in [-0.25, -0.2) is 18.0 Å². The number of H-pyrrole nitrogens is 1. The lowest BCUT2D eigenvalue weighted by atomic mass is 9.95. The fraction of sp³-hybridized carbons (Fsp3) is 0.190. The van der Waals surface area contributed by atoms with E-state index in [1.54, 1.807) is 6.07 Å². The van der Waals surface area contributed by atoms with Gasteiger partial charge in [-0.1, -0.05) is 0 Å². The number of nitriles is 1. The van der Waals surface area contributed by atoms with Gasteiger partial charge in [-0.05, 0) is 35.7 Å². The van der Waals surface area contributed by atoms with Gasteiger partial charge in [0.25, 0.3) is 5.56 Å². The second-order valence-corrected chi connectivity index (χ2v) is 7.04. The molecule has 158 valence electrons. The largest absolute Gasteiger partial charge is 0.373 e. The van der Waals surface area contributed by atoms with Crippen LogP contribution in [0.1, 0.15) is 22.9 Å². The number of nitrogens with zero attached hydrogens (tertiary/aromatic N) is 2. The second-order valence-electron chi connectivity index (χ2n) is 7.04. The van der Waals surface area contributed by atoms with Crippen LogP contribution in [0.15, 0.2) is 35.1 Å². The van der Waals surface area contributed by atoms with Crippen LogP contribution in [0.25, 0.3) is 10.8 Å². The summed E-state index contributed by atoms with van der Waals surface area (Å²) in [5.74, 6) is -2.99. The average Bonchev–Trinajstić information content (AvgIpc) is 2.75. The van der Waals surface area contributed by atoms with E-state index in [0.717, 1.165) is 18.2 Å². The molecule has 2 amide bonds. The molecule has 10 heteroatoms. The highest BCUT2D eigenvalue weighted by atomic mass is 19.2. The van der Waals surface area contributed by atoms with Crippen molar-refractivity contribution in [3.8, 4) is 6.07 Å². The number of rotatable bonds is 2. The molecular weight excluding hydrogens is 413 g/mol. The molecule has 1 unspecified atom stereocenters. The topological polar surface area (TPSA) is 98.2 Å². The van der Waals surface area contributed by atoms with Gasteiger partial charge < -0.3 is 19.9 Å². The van der Waals surface area contributed by atoms with E-state index in [1.807, 2.05) is 0 Å².